The predicted octanol–water partition coefficient (Wildman–Crippen LogP) is 3.04. The SMILES string of the molecule is CC(NC(=O)c1ccc(-c2cnn(CCC(N)=O)c2)cc1)C1=CCCCC1. The third kappa shape index (κ3) is 5.06. The molecule has 142 valence electrons. The Hall–Kier alpha value is -2.89. The molecule has 1 atom stereocenters. The summed E-state index contributed by atoms with van der Waals surface area (Å²) in [7, 11) is 0. The maximum absolute atomic E-state index is 12.5. The fourth-order valence-electron chi connectivity index (χ4n) is 3.30. The molecule has 6 nitrogen and oxygen atoms in total. The Morgan fingerprint density at radius 2 is 2.00 bits per heavy atom. The Balaban J connectivity index is 1.62. The van der Waals surface area contributed by atoms with E-state index in [2.05, 4.69) is 16.5 Å². The second-order valence-corrected chi connectivity index (χ2v) is 7.01. The van der Waals surface area contributed by atoms with Crippen molar-refractivity contribution in [3.63, 3.8) is 0 Å². The number of nitrogens with two attached hydrogens (primary N) is 1. The van der Waals surface area contributed by atoms with Crippen LogP contribution >= 0.6 is 0 Å². The van der Waals surface area contributed by atoms with Crippen LogP contribution in [0.2, 0.25) is 0 Å². The normalized spacial score (nSPS) is 15.1. The van der Waals surface area contributed by atoms with Crippen LogP contribution in [0.25, 0.3) is 11.1 Å². The monoisotopic (exact) mass is 366 g/mol. The lowest BCUT2D eigenvalue weighted by atomic mass is 9.94. The number of hydrogen-bond donors (Lipinski definition) is 2. The molecule has 1 unspecified atom stereocenters. The van der Waals surface area contributed by atoms with Crippen LogP contribution in [0.5, 0.6) is 0 Å². The van der Waals surface area contributed by atoms with E-state index >= 15 is 0 Å². The van der Waals surface area contributed by atoms with Crippen molar-refractivity contribution < 1.29 is 9.59 Å². The second kappa shape index (κ2) is 8.66. The van der Waals surface area contributed by atoms with E-state index in [0.29, 0.717) is 12.1 Å². The van der Waals surface area contributed by atoms with Crippen LogP contribution in [0.1, 0.15) is 49.4 Å². The predicted molar refractivity (Wildman–Crippen MR) is 105 cm³/mol. The van der Waals surface area contributed by atoms with Crippen LogP contribution in [-0.4, -0.2) is 27.6 Å². The van der Waals surface area contributed by atoms with Crippen molar-refractivity contribution in [3.05, 3.63) is 53.9 Å². The summed E-state index contributed by atoms with van der Waals surface area (Å²) in [5.74, 6) is -0.404. The highest BCUT2D eigenvalue weighted by Gasteiger charge is 2.15. The number of aromatic nitrogens is 2. The number of benzene rings is 1. The van der Waals surface area contributed by atoms with Gasteiger partial charge >= 0.3 is 0 Å². The number of nitrogens with one attached hydrogen (secondary N) is 1. The Morgan fingerprint density at radius 3 is 2.67 bits per heavy atom. The van der Waals surface area contributed by atoms with Crippen molar-refractivity contribution in [2.75, 3.05) is 0 Å². The van der Waals surface area contributed by atoms with Crippen LogP contribution in [0.4, 0.5) is 0 Å². The molecule has 0 aliphatic heterocycles. The fourth-order valence-corrected chi connectivity index (χ4v) is 3.30. The molecule has 1 aromatic heterocycles. The van der Waals surface area contributed by atoms with Crippen LogP contribution in [0.15, 0.2) is 48.3 Å². The zero-order valence-electron chi connectivity index (χ0n) is 15.6. The van der Waals surface area contributed by atoms with Gasteiger partial charge in [-0.25, -0.2) is 0 Å². The summed E-state index contributed by atoms with van der Waals surface area (Å²) in [5, 5.41) is 7.33. The van der Waals surface area contributed by atoms with Gasteiger partial charge in [0, 0.05) is 36.3 Å². The van der Waals surface area contributed by atoms with Crippen molar-refractivity contribution >= 4 is 11.8 Å². The van der Waals surface area contributed by atoms with Gasteiger partial charge < -0.3 is 11.1 Å². The van der Waals surface area contributed by atoms with E-state index in [-0.39, 0.29) is 24.3 Å². The van der Waals surface area contributed by atoms with Crippen LogP contribution in [0, 0.1) is 0 Å². The summed E-state index contributed by atoms with van der Waals surface area (Å²) in [5.41, 5.74) is 9.04. The van der Waals surface area contributed by atoms with Crippen molar-refractivity contribution in [2.45, 2.75) is 51.6 Å². The van der Waals surface area contributed by atoms with Gasteiger partial charge in [0.25, 0.3) is 5.91 Å². The van der Waals surface area contributed by atoms with E-state index in [0.717, 1.165) is 24.0 Å². The number of amides is 2. The molecule has 1 aliphatic rings. The van der Waals surface area contributed by atoms with Gasteiger partial charge in [0.2, 0.25) is 5.91 Å². The highest BCUT2D eigenvalue weighted by Crippen LogP contribution is 2.21. The molecule has 0 saturated carbocycles. The van der Waals surface area contributed by atoms with Crippen LogP contribution < -0.4 is 11.1 Å². The molecule has 3 rings (SSSR count). The lowest BCUT2D eigenvalue weighted by Gasteiger charge is -2.21. The maximum atomic E-state index is 12.5. The molecule has 1 aromatic carbocycles. The quantitative estimate of drug-likeness (QED) is 0.738. The molecule has 2 aromatic rings. The van der Waals surface area contributed by atoms with Crippen molar-refractivity contribution in [1.82, 2.24) is 15.1 Å². The average molecular weight is 366 g/mol. The molecule has 27 heavy (non-hydrogen) atoms. The molecule has 0 bridgehead atoms. The molecule has 1 aliphatic carbocycles. The molecule has 6 heteroatoms. The zero-order chi connectivity index (χ0) is 19.2. The van der Waals surface area contributed by atoms with Gasteiger partial charge in [-0.3, -0.25) is 14.3 Å². The smallest absolute Gasteiger partial charge is 0.251 e. The summed E-state index contributed by atoms with van der Waals surface area (Å²) >= 11 is 0. The van der Waals surface area contributed by atoms with Gasteiger partial charge in [-0.2, -0.15) is 5.10 Å². The Bertz CT molecular complexity index is 836. The molecule has 0 saturated heterocycles. The van der Waals surface area contributed by atoms with E-state index in [9.17, 15) is 9.59 Å². The van der Waals surface area contributed by atoms with E-state index in [1.807, 2.05) is 37.4 Å². The summed E-state index contributed by atoms with van der Waals surface area (Å²) in [4.78, 5) is 23.4. The first kappa shape index (κ1) is 18.9. The number of rotatable bonds is 7. The first-order chi connectivity index (χ1) is 13.0. The Morgan fingerprint density at radius 1 is 1.22 bits per heavy atom. The van der Waals surface area contributed by atoms with Gasteiger partial charge in [-0.1, -0.05) is 23.8 Å². The van der Waals surface area contributed by atoms with Crippen molar-refractivity contribution in [1.29, 1.82) is 0 Å². The molecular formula is C21H26N4O2. The number of primary amides is 1. The summed E-state index contributed by atoms with van der Waals surface area (Å²) in [6.45, 7) is 2.51. The largest absolute Gasteiger partial charge is 0.370 e. The third-order valence-electron chi connectivity index (χ3n) is 4.93. The first-order valence-corrected chi connectivity index (χ1v) is 9.44. The summed E-state index contributed by atoms with van der Waals surface area (Å²) in [6.07, 6.45) is 10.8. The number of nitrogens with zero attached hydrogens (tertiary/aromatic N) is 2. The van der Waals surface area contributed by atoms with E-state index in [1.54, 1.807) is 10.9 Å². The number of allylic oxidation sites excluding steroid dienone is 1. The maximum Gasteiger partial charge on any atom is 0.251 e. The molecule has 0 spiro atoms. The standard InChI is InChI=1S/C21H26N4O2/c1-15(16-5-3-2-4-6-16)24-21(27)18-9-7-17(8-10-18)19-13-23-25(14-19)12-11-20(22)26/h5,7-10,13-15H,2-4,6,11-12H2,1H3,(H2,22,26)(H,24,27). The minimum absolute atomic E-state index is 0.0577. The van der Waals surface area contributed by atoms with E-state index in [1.165, 1.54) is 18.4 Å². The number of carbonyl (C=O) groups is 2. The third-order valence-corrected chi connectivity index (χ3v) is 4.93. The molecule has 3 N–H and O–H groups in total. The van der Waals surface area contributed by atoms with Gasteiger partial charge in [0.05, 0.1) is 6.20 Å². The number of hydrogen-bond acceptors (Lipinski definition) is 3. The lowest BCUT2D eigenvalue weighted by molar-refractivity contribution is -0.118. The summed E-state index contributed by atoms with van der Waals surface area (Å²) in [6, 6.07) is 7.55. The van der Waals surface area contributed by atoms with Gasteiger partial charge in [0.1, 0.15) is 0 Å². The Kier molecular flexibility index (Phi) is 6.06. The highest BCUT2D eigenvalue weighted by molar-refractivity contribution is 5.95. The zero-order valence-corrected chi connectivity index (χ0v) is 15.6. The van der Waals surface area contributed by atoms with Crippen LogP contribution in [0.3, 0.4) is 0 Å². The highest BCUT2D eigenvalue weighted by atomic mass is 16.2. The first-order valence-electron chi connectivity index (χ1n) is 9.44. The van der Waals surface area contributed by atoms with Crippen molar-refractivity contribution in [2.24, 2.45) is 5.73 Å². The minimum Gasteiger partial charge on any atom is -0.370 e. The lowest BCUT2D eigenvalue weighted by Crippen LogP contribution is -2.34. The van der Waals surface area contributed by atoms with Crippen LogP contribution in [-0.2, 0) is 11.3 Å². The molecule has 0 radical (unpaired) electrons. The van der Waals surface area contributed by atoms with E-state index < -0.39 is 0 Å². The van der Waals surface area contributed by atoms with Gasteiger partial charge in [-0.15, -0.1) is 0 Å². The number of aryl methyl sites for hydroxylation is 1. The Labute approximate surface area is 159 Å². The average Bonchev–Trinajstić information content (AvgIpc) is 3.16. The molecule has 0 fully saturated rings. The molecule has 1 heterocycles. The topological polar surface area (TPSA) is 90.0 Å². The van der Waals surface area contributed by atoms with E-state index in [4.69, 9.17) is 5.73 Å². The minimum atomic E-state index is -0.347. The summed E-state index contributed by atoms with van der Waals surface area (Å²) < 4.78 is 1.69. The van der Waals surface area contributed by atoms with Gasteiger partial charge in [0.15, 0.2) is 0 Å². The number of carbonyl (C=O) groups excluding carboxylic acids is 2. The molecular weight excluding hydrogens is 340 g/mol. The van der Waals surface area contributed by atoms with Crippen molar-refractivity contribution in [3.8, 4) is 11.1 Å². The van der Waals surface area contributed by atoms with Gasteiger partial charge in [-0.05, 0) is 50.3 Å². The molecule has 2 amide bonds. The second-order valence-electron chi connectivity index (χ2n) is 7.01. The fraction of sp³-hybridized carbons (Fsp3) is 0.381.